The van der Waals surface area contributed by atoms with Gasteiger partial charge in [-0.3, -0.25) is 4.79 Å². The molecule has 0 fully saturated rings. The molecule has 0 heterocycles. The summed E-state index contributed by atoms with van der Waals surface area (Å²) in [4.78, 5) is 12.2. The molecule has 0 saturated carbocycles. The summed E-state index contributed by atoms with van der Waals surface area (Å²) in [6.07, 6.45) is 0. The summed E-state index contributed by atoms with van der Waals surface area (Å²) in [6.45, 7) is 0.373. The van der Waals surface area contributed by atoms with Crippen LogP contribution in [0.3, 0.4) is 0 Å². The van der Waals surface area contributed by atoms with Gasteiger partial charge in [-0.2, -0.15) is 0 Å². The van der Waals surface area contributed by atoms with Gasteiger partial charge in [-0.15, -0.1) is 0 Å². The standard InChI is InChI=1S/C15H13BrClNO2/c1-20-14-8-11(16)6-7-12(14)15(19)18-9-10-4-2-3-5-13(10)17/h2-8H,9H2,1H3,(H,18,19). The number of nitrogens with one attached hydrogen (secondary N) is 1. The maximum atomic E-state index is 12.2. The molecule has 0 bridgehead atoms. The average Bonchev–Trinajstić information content (AvgIpc) is 2.46. The molecule has 104 valence electrons. The summed E-state index contributed by atoms with van der Waals surface area (Å²) in [5.41, 5.74) is 1.36. The lowest BCUT2D eigenvalue weighted by Gasteiger charge is -2.10. The van der Waals surface area contributed by atoms with Crippen LogP contribution >= 0.6 is 27.5 Å². The Balaban J connectivity index is 2.11. The average molecular weight is 355 g/mol. The van der Waals surface area contributed by atoms with Crippen molar-refractivity contribution in [2.45, 2.75) is 6.54 Å². The molecule has 1 amide bonds. The fourth-order valence-electron chi connectivity index (χ4n) is 1.77. The highest BCUT2D eigenvalue weighted by Crippen LogP contribution is 2.23. The van der Waals surface area contributed by atoms with E-state index in [1.165, 1.54) is 7.11 Å². The quantitative estimate of drug-likeness (QED) is 0.900. The van der Waals surface area contributed by atoms with E-state index >= 15 is 0 Å². The fraction of sp³-hybridized carbons (Fsp3) is 0.133. The summed E-state index contributed by atoms with van der Waals surface area (Å²) in [5.74, 6) is 0.324. The van der Waals surface area contributed by atoms with Crippen LogP contribution in [0.15, 0.2) is 46.9 Å². The Morgan fingerprint density at radius 1 is 1.30 bits per heavy atom. The third-order valence-electron chi connectivity index (χ3n) is 2.81. The molecular weight excluding hydrogens is 342 g/mol. The van der Waals surface area contributed by atoms with Crippen LogP contribution in [0.4, 0.5) is 0 Å². The molecule has 3 nitrogen and oxygen atoms in total. The van der Waals surface area contributed by atoms with Crippen LogP contribution in [0.5, 0.6) is 5.75 Å². The van der Waals surface area contributed by atoms with Gasteiger partial charge in [0.05, 0.1) is 12.7 Å². The normalized spacial score (nSPS) is 10.2. The van der Waals surface area contributed by atoms with Crippen LogP contribution in [-0.2, 0) is 6.54 Å². The van der Waals surface area contributed by atoms with Gasteiger partial charge in [-0.1, -0.05) is 45.7 Å². The Kier molecular flexibility index (Phi) is 5.04. The molecule has 20 heavy (non-hydrogen) atoms. The second-order valence-electron chi connectivity index (χ2n) is 4.12. The molecule has 0 aromatic heterocycles. The van der Waals surface area contributed by atoms with Gasteiger partial charge in [-0.25, -0.2) is 0 Å². The maximum Gasteiger partial charge on any atom is 0.255 e. The Morgan fingerprint density at radius 3 is 2.75 bits per heavy atom. The summed E-state index contributed by atoms with van der Waals surface area (Å²) < 4.78 is 6.06. The van der Waals surface area contributed by atoms with Crippen molar-refractivity contribution in [3.63, 3.8) is 0 Å². The van der Waals surface area contributed by atoms with Gasteiger partial charge in [-0.05, 0) is 29.8 Å². The first kappa shape index (κ1) is 14.9. The van der Waals surface area contributed by atoms with Gasteiger partial charge in [0.1, 0.15) is 5.75 Å². The molecule has 0 saturated heterocycles. The van der Waals surface area contributed by atoms with Crippen LogP contribution in [-0.4, -0.2) is 13.0 Å². The number of carbonyl (C=O) groups excluding carboxylic acids is 1. The van der Waals surface area contributed by atoms with Crippen molar-refractivity contribution < 1.29 is 9.53 Å². The number of carbonyl (C=O) groups is 1. The van der Waals surface area contributed by atoms with E-state index in [1.54, 1.807) is 24.3 Å². The van der Waals surface area contributed by atoms with Gasteiger partial charge < -0.3 is 10.1 Å². The van der Waals surface area contributed by atoms with Gasteiger partial charge in [0.15, 0.2) is 0 Å². The molecule has 0 spiro atoms. The molecule has 2 aromatic carbocycles. The Hall–Kier alpha value is -1.52. The predicted octanol–water partition coefficient (Wildman–Crippen LogP) is 4.04. The number of benzene rings is 2. The van der Waals surface area contributed by atoms with Crippen LogP contribution in [0.1, 0.15) is 15.9 Å². The van der Waals surface area contributed by atoms with E-state index in [0.29, 0.717) is 22.9 Å². The molecular formula is C15H13BrClNO2. The van der Waals surface area contributed by atoms with Gasteiger partial charge in [0, 0.05) is 16.0 Å². The highest BCUT2D eigenvalue weighted by Gasteiger charge is 2.12. The first-order valence-corrected chi connectivity index (χ1v) is 7.14. The van der Waals surface area contributed by atoms with E-state index in [-0.39, 0.29) is 5.91 Å². The van der Waals surface area contributed by atoms with E-state index in [1.807, 2.05) is 18.2 Å². The van der Waals surface area contributed by atoms with Gasteiger partial charge >= 0.3 is 0 Å². The first-order chi connectivity index (χ1) is 9.61. The molecule has 5 heteroatoms. The Bertz CT molecular complexity index is 631. The number of hydrogen-bond donors (Lipinski definition) is 1. The predicted molar refractivity (Wildman–Crippen MR) is 83.3 cm³/mol. The largest absolute Gasteiger partial charge is 0.496 e. The summed E-state index contributed by atoms with van der Waals surface area (Å²) in [5, 5.41) is 3.47. The van der Waals surface area contributed by atoms with E-state index in [2.05, 4.69) is 21.2 Å². The Labute approximate surface area is 131 Å². The number of halogens is 2. The van der Waals surface area contributed by atoms with Gasteiger partial charge in [0.2, 0.25) is 0 Å². The van der Waals surface area contributed by atoms with Crippen molar-refractivity contribution in [2.75, 3.05) is 7.11 Å². The number of ether oxygens (including phenoxy) is 1. The highest BCUT2D eigenvalue weighted by atomic mass is 79.9. The lowest BCUT2D eigenvalue weighted by molar-refractivity contribution is 0.0948. The van der Waals surface area contributed by atoms with E-state index < -0.39 is 0 Å². The summed E-state index contributed by atoms with van der Waals surface area (Å²) >= 11 is 9.39. The smallest absolute Gasteiger partial charge is 0.255 e. The second kappa shape index (κ2) is 6.77. The minimum Gasteiger partial charge on any atom is -0.496 e. The minimum atomic E-state index is -0.200. The van der Waals surface area contributed by atoms with Crippen molar-refractivity contribution in [3.8, 4) is 5.75 Å². The molecule has 0 unspecified atom stereocenters. The highest BCUT2D eigenvalue weighted by molar-refractivity contribution is 9.10. The molecule has 0 aliphatic heterocycles. The number of methoxy groups -OCH3 is 1. The van der Waals surface area contributed by atoms with Crippen LogP contribution in [0.25, 0.3) is 0 Å². The lowest BCUT2D eigenvalue weighted by atomic mass is 10.1. The second-order valence-corrected chi connectivity index (χ2v) is 5.44. The van der Waals surface area contributed by atoms with E-state index in [0.717, 1.165) is 10.0 Å². The topological polar surface area (TPSA) is 38.3 Å². The molecule has 0 aliphatic rings. The lowest BCUT2D eigenvalue weighted by Crippen LogP contribution is -2.23. The van der Waals surface area contributed by atoms with Crippen molar-refractivity contribution in [1.29, 1.82) is 0 Å². The first-order valence-electron chi connectivity index (χ1n) is 5.97. The summed E-state index contributed by atoms with van der Waals surface area (Å²) in [7, 11) is 1.53. The third-order valence-corrected chi connectivity index (χ3v) is 3.67. The zero-order valence-corrected chi connectivity index (χ0v) is 13.2. The van der Waals surface area contributed by atoms with Crippen LogP contribution in [0, 0.1) is 0 Å². The van der Waals surface area contributed by atoms with Crippen molar-refractivity contribution >= 4 is 33.4 Å². The number of amides is 1. The molecule has 0 aliphatic carbocycles. The van der Waals surface area contributed by atoms with E-state index in [4.69, 9.17) is 16.3 Å². The van der Waals surface area contributed by atoms with Crippen LogP contribution < -0.4 is 10.1 Å². The maximum absolute atomic E-state index is 12.2. The molecule has 1 N–H and O–H groups in total. The number of rotatable bonds is 4. The third kappa shape index (κ3) is 3.52. The minimum absolute atomic E-state index is 0.200. The van der Waals surface area contributed by atoms with Crippen molar-refractivity contribution in [1.82, 2.24) is 5.32 Å². The molecule has 2 rings (SSSR count). The molecule has 0 atom stereocenters. The fourth-order valence-corrected chi connectivity index (χ4v) is 2.31. The van der Waals surface area contributed by atoms with Crippen LogP contribution in [0.2, 0.25) is 5.02 Å². The molecule has 0 radical (unpaired) electrons. The Morgan fingerprint density at radius 2 is 2.05 bits per heavy atom. The SMILES string of the molecule is COc1cc(Br)ccc1C(=O)NCc1ccccc1Cl. The zero-order valence-electron chi connectivity index (χ0n) is 10.8. The van der Waals surface area contributed by atoms with Crippen molar-refractivity contribution in [2.24, 2.45) is 0 Å². The van der Waals surface area contributed by atoms with E-state index in [9.17, 15) is 4.79 Å². The van der Waals surface area contributed by atoms with Gasteiger partial charge in [0.25, 0.3) is 5.91 Å². The monoisotopic (exact) mass is 353 g/mol. The summed E-state index contributed by atoms with van der Waals surface area (Å²) in [6, 6.07) is 12.7. The number of hydrogen-bond acceptors (Lipinski definition) is 2. The molecule has 2 aromatic rings. The zero-order chi connectivity index (χ0) is 14.5. The van der Waals surface area contributed by atoms with Crippen molar-refractivity contribution in [3.05, 3.63) is 63.1 Å².